The molecule has 0 saturated heterocycles. The molecule has 0 spiro atoms. The third-order valence-electron chi connectivity index (χ3n) is 3.15. The van der Waals surface area contributed by atoms with Gasteiger partial charge in [0.1, 0.15) is 11.5 Å². The molecule has 0 aliphatic carbocycles. The summed E-state index contributed by atoms with van der Waals surface area (Å²) >= 11 is 2.72. The molecule has 2 aromatic heterocycles. The standard InChI is InChI=1S/C18H13FN2O2S2/c19-12-4-1-5-13(10-12)20-17(22)15(11-14-6-2-8-24-14)21-18(23)16-7-3-9-25-16/h1-11H,(H,20,22)(H,21,23)/b15-11+. The Kier molecular flexibility index (Phi) is 5.37. The van der Waals surface area contributed by atoms with Crippen LogP contribution in [0.2, 0.25) is 0 Å². The Balaban J connectivity index is 1.83. The molecule has 0 fully saturated rings. The number of carbonyl (C=O) groups is 2. The van der Waals surface area contributed by atoms with Crippen LogP contribution in [0.15, 0.2) is 65.0 Å². The van der Waals surface area contributed by atoms with Crippen molar-refractivity contribution in [1.29, 1.82) is 0 Å². The summed E-state index contributed by atoms with van der Waals surface area (Å²) in [5.74, 6) is -1.35. The summed E-state index contributed by atoms with van der Waals surface area (Å²) in [4.78, 5) is 26.1. The number of rotatable bonds is 5. The smallest absolute Gasteiger partial charge is 0.272 e. The molecule has 1 aromatic carbocycles. The highest BCUT2D eigenvalue weighted by molar-refractivity contribution is 7.12. The molecule has 0 radical (unpaired) electrons. The van der Waals surface area contributed by atoms with Crippen molar-refractivity contribution in [3.05, 3.63) is 80.6 Å². The lowest BCUT2D eigenvalue weighted by atomic mass is 10.2. The predicted octanol–water partition coefficient (Wildman–Crippen LogP) is 4.36. The van der Waals surface area contributed by atoms with Crippen LogP contribution in [0.1, 0.15) is 14.5 Å². The number of carbonyl (C=O) groups excluding carboxylic acids is 2. The van der Waals surface area contributed by atoms with Crippen molar-refractivity contribution in [1.82, 2.24) is 5.32 Å². The first-order valence-electron chi connectivity index (χ1n) is 7.29. The highest BCUT2D eigenvalue weighted by Crippen LogP contribution is 2.16. The molecule has 0 saturated carbocycles. The van der Waals surface area contributed by atoms with Crippen LogP contribution in [-0.2, 0) is 4.79 Å². The maximum absolute atomic E-state index is 13.3. The molecule has 2 heterocycles. The summed E-state index contributed by atoms with van der Waals surface area (Å²) in [7, 11) is 0. The first-order chi connectivity index (χ1) is 12.1. The summed E-state index contributed by atoms with van der Waals surface area (Å²) in [5.41, 5.74) is 0.401. The van der Waals surface area contributed by atoms with Crippen molar-refractivity contribution in [2.75, 3.05) is 5.32 Å². The van der Waals surface area contributed by atoms with Gasteiger partial charge in [-0.3, -0.25) is 9.59 Å². The van der Waals surface area contributed by atoms with E-state index in [0.29, 0.717) is 10.6 Å². The summed E-state index contributed by atoms with van der Waals surface area (Å²) in [6.07, 6.45) is 1.59. The minimum absolute atomic E-state index is 0.0881. The molecule has 0 unspecified atom stereocenters. The van der Waals surface area contributed by atoms with Gasteiger partial charge in [0.15, 0.2) is 0 Å². The van der Waals surface area contributed by atoms with E-state index in [0.717, 1.165) is 4.88 Å². The van der Waals surface area contributed by atoms with Gasteiger partial charge >= 0.3 is 0 Å². The minimum atomic E-state index is -0.524. The maximum Gasteiger partial charge on any atom is 0.272 e. The number of nitrogens with one attached hydrogen (secondary N) is 2. The SMILES string of the molecule is O=C(Nc1cccc(F)c1)/C(=C\c1cccs1)NC(=O)c1cccs1. The number of halogens is 1. The zero-order chi connectivity index (χ0) is 17.6. The molecular formula is C18H13FN2O2S2. The molecular weight excluding hydrogens is 359 g/mol. The molecule has 25 heavy (non-hydrogen) atoms. The largest absolute Gasteiger partial charge is 0.321 e. The Hall–Kier alpha value is -2.77. The van der Waals surface area contributed by atoms with E-state index in [-0.39, 0.29) is 11.6 Å². The van der Waals surface area contributed by atoms with Gasteiger partial charge in [0.2, 0.25) is 0 Å². The Bertz CT molecular complexity index is 903. The van der Waals surface area contributed by atoms with Crippen molar-refractivity contribution >= 4 is 46.3 Å². The molecule has 4 nitrogen and oxygen atoms in total. The van der Waals surface area contributed by atoms with Gasteiger partial charge in [-0.1, -0.05) is 18.2 Å². The maximum atomic E-state index is 13.3. The van der Waals surface area contributed by atoms with E-state index in [2.05, 4.69) is 10.6 Å². The number of thiophene rings is 2. The van der Waals surface area contributed by atoms with Crippen LogP contribution >= 0.6 is 22.7 Å². The van der Waals surface area contributed by atoms with E-state index >= 15 is 0 Å². The highest BCUT2D eigenvalue weighted by atomic mass is 32.1. The predicted molar refractivity (Wildman–Crippen MR) is 99.1 cm³/mol. The summed E-state index contributed by atoms with van der Waals surface area (Å²) < 4.78 is 13.3. The Labute approximate surface area is 151 Å². The topological polar surface area (TPSA) is 58.2 Å². The zero-order valence-electron chi connectivity index (χ0n) is 12.9. The zero-order valence-corrected chi connectivity index (χ0v) is 14.5. The number of benzene rings is 1. The normalized spacial score (nSPS) is 11.2. The summed E-state index contributed by atoms with van der Waals surface area (Å²) in [5, 5.41) is 8.87. The van der Waals surface area contributed by atoms with Crippen molar-refractivity contribution in [3.63, 3.8) is 0 Å². The van der Waals surface area contributed by atoms with Gasteiger partial charge in [-0.25, -0.2) is 4.39 Å². The lowest BCUT2D eigenvalue weighted by Gasteiger charge is -2.10. The molecule has 0 aliphatic rings. The van der Waals surface area contributed by atoms with Gasteiger partial charge in [-0.05, 0) is 47.2 Å². The second-order valence-electron chi connectivity index (χ2n) is 4.97. The van der Waals surface area contributed by atoms with Gasteiger partial charge in [0.05, 0.1) is 4.88 Å². The third-order valence-corrected chi connectivity index (χ3v) is 4.84. The van der Waals surface area contributed by atoms with Crippen LogP contribution in [-0.4, -0.2) is 11.8 Å². The van der Waals surface area contributed by atoms with E-state index in [1.807, 2.05) is 17.5 Å². The molecule has 0 bridgehead atoms. The second-order valence-corrected chi connectivity index (χ2v) is 6.90. The van der Waals surface area contributed by atoms with Crippen LogP contribution in [0.4, 0.5) is 10.1 Å². The van der Waals surface area contributed by atoms with Gasteiger partial charge in [-0.2, -0.15) is 0 Å². The number of anilines is 1. The van der Waals surface area contributed by atoms with E-state index in [4.69, 9.17) is 0 Å². The monoisotopic (exact) mass is 372 g/mol. The minimum Gasteiger partial charge on any atom is -0.321 e. The lowest BCUT2D eigenvalue weighted by Crippen LogP contribution is -2.30. The fourth-order valence-electron chi connectivity index (χ4n) is 2.03. The first-order valence-corrected chi connectivity index (χ1v) is 9.05. The molecule has 3 rings (SSSR count). The molecule has 126 valence electrons. The Morgan fingerprint density at radius 3 is 2.48 bits per heavy atom. The van der Waals surface area contributed by atoms with E-state index in [9.17, 15) is 14.0 Å². The van der Waals surface area contributed by atoms with Crippen LogP contribution in [0.3, 0.4) is 0 Å². The molecule has 2 amide bonds. The van der Waals surface area contributed by atoms with E-state index in [1.165, 1.54) is 40.9 Å². The van der Waals surface area contributed by atoms with Gasteiger partial charge < -0.3 is 10.6 Å². The van der Waals surface area contributed by atoms with Crippen molar-refractivity contribution < 1.29 is 14.0 Å². The molecule has 7 heteroatoms. The van der Waals surface area contributed by atoms with Crippen molar-refractivity contribution in [2.45, 2.75) is 0 Å². The van der Waals surface area contributed by atoms with Crippen LogP contribution in [0.5, 0.6) is 0 Å². The second kappa shape index (κ2) is 7.87. The number of amides is 2. The molecule has 3 aromatic rings. The van der Waals surface area contributed by atoms with Crippen LogP contribution in [0.25, 0.3) is 6.08 Å². The van der Waals surface area contributed by atoms with E-state index < -0.39 is 11.7 Å². The van der Waals surface area contributed by atoms with Gasteiger partial charge in [0, 0.05) is 10.6 Å². The highest BCUT2D eigenvalue weighted by Gasteiger charge is 2.16. The van der Waals surface area contributed by atoms with Crippen LogP contribution < -0.4 is 10.6 Å². The average Bonchev–Trinajstić information content (AvgIpc) is 3.28. The van der Waals surface area contributed by atoms with Gasteiger partial charge in [-0.15, -0.1) is 22.7 Å². The Morgan fingerprint density at radius 1 is 1.00 bits per heavy atom. The average molecular weight is 372 g/mol. The van der Waals surface area contributed by atoms with Gasteiger partial charge in [0.25, 0.3) is 11.8 Å². The summed E-state index contributed by atoms with van der Waals surface area (Å²) in [6.45, 7) is 0. The molecule has 0 aliphatic heterocycles. The fraction of sp³-hybridized carbons (Fsp3) is 0. The quantitative estimate of drug-likeness (QED) is 0.654. The lowest BCUT2D eigenvalue weighted by molar-refractivity contribution is -0.113. The molecule has 2 N–H and O–H groups in total. The van der Waals surface area contributed by atoms with Crippen molar-refractivity contribution in [3.8, 4) is 0 Å². The van der Waals surface area contributed by atoms with E-state index in [1.54, 1.807) is 29.7 Å². The third kappa shape index (κ3) is 4.62. The summed E-state index contributed by atoms with van der Waals surface area (Å²) in [6, 6.07) is 12.7. The number of hydrogen-bond donors (Lipinski definition) is 2. The van der Waals surface area contributed by atoms with Crippen molar-refractivity contribution in [2.24, 2.45) is 0 Å². The molecule has 0 atom stereocenters. The number of hydrogen-bond acceptors (Lipinski definition) is 4. The first kappa shape index (κ1) is 17.1. The fourth-order valence-corrected chi connectivity index (χ4v) is 3.31. The van der Waals surface area contributed by atoms with Crippen LogP contribution in [0, 0.1) is 5.82 Å². The Morgan fingerprint density at radius 2 is 1.80 bits per heavy atom.